The molecule has 2 amide bonds. The summed E-state index contributed by atoms with van der Waals surface area (Å²) in [4.78, 5) is 24.9. The number of hydrogen-bond acceptors (Lipinski definition) is 4. The van der Waals surface area contributed by atoms with Crippen molar-refractivity contribution in [2.45, 2.75) is 64.5 Å². The molecule has 2 aromatic carbocycles. The molecule has 1 aromatic heterocycles. The number of fused-ring (bicyclic) bond motifs is 1. The monoisotopic (exact) mass is 419 g/mol. The lowest BCUT2D eigenvalue weighted by Crippen LogP contribution is -2.36. The molecule has 0 radical (unpaired) electrons. The molecular formula is C24H29N5O2. The highest BCUT2D eigenvalue weighted by Gasteiger charge is 2.17. The highest BCUT2D eigenvalue weighted by molar-refractivity contribution is 5.97. The van der Waals surface area contributed by atoms with Gasteiger partial charge in [0.25, 0.3) is 5.91 Å². The number of rotatable bonds is 7. The number of benzene rings is 2. The Kier molecular flexibility index (Phi) is 6.60. The van der Waals surface area contributed by atoms with E-state index >= 15 is 0 Å². The lowest BCUT2D eigenvalue weighted by atomic mass is 9.95. The number of nitrogens with zero attached hydrogens (tertiary/aromatic N) is 3. The van der Waals surface area contributed by atoms with E-state index in [0.29, 0.717) is 24.0 Å². The first-order chi connectivity index (χ1) is 15.1. The fraction of sp³-hybridized carbons (Fsp3) is 0.417. The van der Waals surface area contributed by atoms with Crippen molar-refractivity contribution in [3.63, 3.8) is 0 Å². The summed E-state index contributed by atoms with van der Waals surface area (Å²) in [5.41, 5.74) is 4.06. The summed E-state index contributed by atoms with van der Waals surface area (Å²) in [5, 5.41) is 14.4. The molecule has 1 aliphatic rings. The number of nitrogens with one attached hydrogen (secondary N) is 2. The predicted molar refractivity (Wildman–Crippen MR) is 121 cm³/mol. The molecule has 162 valence electrons. The van der Waals surface area contributed by atoms with Crippen molar-refractivity contribution in [2.75, 3.05) is 5.32 Å². The first kappa shape index (κ1) is 21.0. The maximum absolute atomic E-state index is 12.6. The maximum atomic E-state index is 12.6. The van der Waals surface area contributed by atoms with Crippen molar-refractivity contribution in [3.05, 3.63) is 53.6 Å². The van der Waals surface area contributed by atoms with E-state index in [-0.39, 0.29) is 17.9 Å². The fourth-order valence-electron chi connectivity index (χ4n) is 4.09. The average molecular weight is 420 g/mol. The van der Waals surface area contributed by atoms with Crippen LogP contribution in [0.15, 0.2) is 42.5 Å². The van der Waals surface area contributed by atoms with Gasteiger partial charge in [0.15, 0.2) is 0 Å². The first-order valence-electron chi connectivity index (χ1n) is 11.2. The normalized spacial score (nSPS) is 14.5. The second-order valence-electron chi connectivity index (χ2n) is 8.18. The van der Waals surface area contributed by atoms with E-state index in [9.17, 15) is 9.59 Å². The lowest BCUT2D eigenvalue weighted by Gasteiger charge is -2.22. The Bertz CT molecular complexity index is 1070. The van der Waals surface area contributed by atoms with Gasteiger partial charge in [0.2, 0.25) is 5.91 Å². The second kappa shape index (κ2) is 9.73. The van der Waals surface area contributed by atoms with Crippen molar-refractivity contribution in [3.8, 4) is 0 Å². The van der Waals surface area contributed by atoms with Gasteiger partial charge in [-0.15, -0.1) is 5.10 Å². The van der Waals surface area contributed by atoms with Crippen molar-refractivity contribution < 1.29 is 9.59 Å². The van der Waals surface area contributed by atoms with Crippen LogP contribution in [0.5, 0.6) is 0 Å². The van der Waals surface area contributed by atoms with E-state index in [4.69, 9.17) is 0 Å². The van der Waals surface area contributed by atoms with Crippen LogP contribution in [0, 0.1) is 0 Å². The molecule has 0 bridgehead atoms. The smallest absolute Gasteiger partial charge is 0.251 e. The summed E-state index contributed by atoms with van der Waals surface area (Å²) in [7, 11) is 0. The number of hydrogen-bond donors (Lipinski definition) is 2. The number of amides is 2. The Morgan fingerprint density at radius 1 is 1.10 bits per heavy atom. The number of anilines is 1. The van der Waals surface area contributed by atoms with E-state index in [1.54, 1.807) is 16.8 Å². The summed E-state index contributed by atoms with van der Waals surface area (Å²) in [6.45, 7) is 2.51. The topological polar surface area (TPSA) is 88.9 Å². The summed E-state index contributed by atoms with van der Waals surface area (Å²) < 4.78 is 1.71. The highest BCUT2D eigenvalue weighted by Crippen LogP contribution is 2.19. The van der Waals surface area contributed by atoms with Gasteiger partial charge in [-0.2, -0.15) is 0 Å². The van der Waals surface area contributed by atoms with E-state index in [1.165, 1.54) is 24.8 Å². The zero-order chi connectivity index (χ0) is 21.6. The Labute approximate surface area is 182 Å². The van der Waals surface area contributed by atoms with Crippen molar-refractivity contribution in [1.82, 2.24) is 20.3 Å². The molecular weight excluding hydrogens is 390 g/mol. The van der Waals surface area contributed by atoms with Gasteiger partial charge in [-0.25, -0.2) is 4.68 Å². The van der Waals surface area contributed by atoms with Crippen LogP contribution in [0.1, 0.15) is 61.4 Å². The van der Waals surface area contributed by atoms with Gasteiger partial charge in [0.05, 0.1) is 12.1 Å². The number of carbonyl (C=O) groups excluding carboxylic acids is 2. The van der Waals surface area contributed by atoms with Crippen LogP contribution in [0.3, 0.4) is 0 Å². The third kappa shape index (κ3) is 5.29. The van der Waals surface area contributed by atoms with Crippen LogP contribution in [0.4, 0.5) is 5.69 Å². The molecule has 1 saturated carbocycles. The Hall–Kier alpha value is -3.22. The van der Waals surface area contributed by atoms with Crippen molar-refractivity contribution >= 4 is 28.5 Å². The molecule has 1 fully saturated rings. The molecule has 3 aromatic rings. The minimum Gasteiger partial charge on any atom is -0.349 e. The summed E-state index contributed by atoms with van der Waals surface area (Å²) >= 11 is 0. The average Bonchev–Trinajstić information content (AvgIpc) is 3.20. The molecule has 0 saturated heterocycles. The van der Waals surface area contributed by atoms with Crippen molar-refractivity contribution in [2.24, 2.45) is 0 Å². The summed E-state index contributed by atoms with van der Waals surface area (Å²) in [6.07, 6.45) is 6.93. The third-order valence-corrected chi connectivity index (χ3v) is 5.89. The molecule has 0 unspecified atom stereocenters. The predicted octanol–water partition coefficient (Wildman–Crippen LogP) is 4.09. The summed E-state index contributed by atoms with van der Waals surface area (Å²) in [6, 6.07) is 13.6. The van der Waals surface area contributed by atoms with Crippen molar-refractivity contribution in [1.29, 1.82) is 0 Å². The van der Waals surface area contributed by atoms with E-state index in [1.807, 2.05) is 30.3 Å². The molecule has 7 nitrogen and oxygen atoms in total. The van der Waals surface area contributed by atoms with Crippen LogP contribution in [0.2, 0.25) is 0 Å². The molecule has 2 N–H and O–H groups in total. The summed E-state index contributed by atoms with van der Waals surface area (Å²) in [5.74, 6) is -0.127. The second-order valence-corrected chi connectivity index (χ2v) is 8.18. The van der Waals surface area contributed by atoms with Crippen LogP contribution in [-0.2, 0) is 17.8 Å². The molecule has 0 aliphatic heterocycles. The minimum absolute atomic E-state index is 0.0583. The first-order valence-corrected chi connectivity index (χ1v) is 11.2. The SMILES string of the molecule is CCc1cccc(NC(=O)CCn2nnc3cc(C(=O)NC4CCCCC4)ccc32)c1. The fourth-order valence-corrected chi connectivity index (χ4v) is 4.09. The van der Waals surface area contributed by atoms with Crippen LogP contribution in [-0.4, -0.2) is 32.9 Å². The van der Waals surface area contributed by atoms with Crippen LogP contribution >= 0.6 is 0 Å². The number of carbonyl (C=O) groups is 2. The van der Waals surface area contributed by atoms with Gasteiger partial charge >= 0.3 is 0 Å². The number of aryl methyl sites for hydroxylation is 2. The van der Waals surface area contributed by atoms with E-state index < -0.39 is 0 Å². The molecule has 1 heterocycles. The zero-order valence-corrected chi connectivity index (χ0v) is 17.9. The van der Waals surface area contributed by atoms with Gasteiger partial charge in [-0.3, -0.25) is 9.59 Å². The van der Waals surface area contributed by atoms with Gasteiger partial charge in [0, 0.05) is 23.7 Å². The number of aromatic nitrogens is 3. The zero-order valence-electron chi connectivity index (χ0n) is 17.9. The minimum atomic E-state index is -0.0691. The van der Waals surface area contributed by atoms with Gasteiger partial charge in [-0.05, 0) is 55.2 Å². The standard InChI is InChI=1S/C24H29N5O2/c1-2-17-7-6-10-20(15-17)25-23(30)13-14-29-22-12-11-18(16-21(22)27-28-29)24(31)26-19-8-4-3-5-9-19/h6-7,10-12,15-16,19H,2-5,8-9,13-14H2,1H3,(H,25,30)(H,26,31). The quantitative estimate of drug-likeness (QED) is 0.604. The maximum Gasteiger partial charge on any atom is 0.251 e. The Balaban J connectivity index is 1.36. The van der Waals surface area contributed by atoms with Gasteiger partial charge in [-0.1, -0.05) is 43.5 Å². The Morgan fingerprint density at radius 3 is 2.74 bits per heavy atom. The lowest BCUT2D eigenvalue weighted by molar-refractivity contribution is -0.116. The molecule has 0 spiro atoms. The van der Waals surface area contributed by atoms with E-state index in [2.05, 4.69) is 27.9 Å². The highest BCUT2D eigenvalue weighted by atomic mass is 16.2. The van der Waals surface area contributed by atoms with Crippen LogP contribution in [0.25, 0.3) is 11.0 Å². The van der Waals surface area contributed by atoms with Crippen LogP contribution < -0.4 is 10.6 Å². The molecule has 0 atom stereocenters. The largest absolute Gasteiger partial charge is 0.349 e. The molecule has 31 heavy (non-hydrogen) atoms. The van der Waals surface area contributed by atoms with Gasteiger partial charge < -0.3 is 10.6 Å². The Morgan fingerprint density at radius 2 is 1.94 bits per heavy atom. The molecule has 1 aliphatic carbocycles. The third-order valence-electron chi connectivity index (χ3n) is 5.89. The molecule has 7 heteroatoms. The molecule has 4 rings (SSSR count). The van der Waals surface area contributed by atoms with E-state index in [0.717, 1.165) is 30.5 Å². The van der Waals surface area contributed by atoms with Gasteiger partial charge in [0.1, 0.15) is 5.52 Å².